The molecule has 2 aromatic rings. The van der Waals surface area contributed by atoms with E-state index in [0.717, 1.165) is 5.56 Å². The van der Waals surface area contributed by atoms with E-state index in [1.807, 2.05) is 35.6 Å². The molecule has 0 aromatic heterocycles. The largest absolute Gasteiger partial charge is 0.465 e. The molecule has 7 nitrogen and oxygen atoms in total. The highest BCUT2D eigenvalue weighted by Gasteiger charge is 2.17. The Morgan fingerprint density at radius 3 is 2.65 bits per heavy atom. The molecule has 26 heavy (non-hydrogen) atoms. The van der Waals surface area contributed by atoms with Crippen LogP contribution in [-0.4, -0.2) is 30.5 Å². The molecule has 1 amide bonds. The number of nitrogens with one attached hydrogen (secondary N) is 1. The van der Waals surface area contributed by atoms with Gasteiger partial charge in [0.05, 0.1) is 23.2 Å². The van der Waals surface area contributed by atoms with Gasteiger partial charge in [0.25, 0.3) is 11.6 Å². The van der Waals surface area contributed by atoms with Crippen LogP contribution < -0.4 is 5.32 Å². The van der Waals surface area contributed by atoms with Gasteiger partial charge in [-0.05, 0) is 52.3 Å². The van der Waals surface area contributed by atoms with Gasteiger partial charge in [-0.1, -0.05) is 19.1 Å². The van der Waals surface area contributed by atoms with Gasteiger partial charge in [0.2, 0.25) is 0 Å². The smallest absolute Gasteiger partial charge is 0.337 e. The molecule has 136 valence electrons. The Morgan fingerprint density at radius 2 is 2.00 bits per heavy atom. The van der Waals surface area contributed by atoms with Crippen molar-refractivity contribution < 1.29 is 19.2 Å². The van der Waals surface area contributed by atoms with Gasteiger partial charge in [-0.2, -0.15) is 0 Å². The molecule has 0 saturated carbocycles. The minimum atomic E-state index is -0.534. The van der Waals surface area contributed by atoms with Gasteiger partial charge >= 0.3 is 5.97 Å². The normalized spacial score (nSPS) is 11.5. The maximum absolute atomic E-state index is 12.4. The maximum atomic E-state index is 12.4. The number of hydrogen-bond acceptors (Lipinski definition) is 5. The zero-order valence-corrected chi connectivity index (χ0v) is 16.3. The fourth-order valence-corrected chi connectivity index (χ4v) is 2.93. The van der Waals surface area contributed by atoms with E-state index < -0.39 is 10.9 Å². The van der Waals surface area contributed by atoms with Crippen molar-refractivity contribution >= 4 is 40.2 Å². The van der Waals surface area contributed by atoms with Gasteiger partial charge < -0.3 is 10.1 Å². The van der Waals surface area contributed by atoms with Crippen molar-refractivity contribution in [3.05, 3.63) is 72.8 Å². The molecule has 2 rings (SSSR count). The van der Waals surface area contributed by atoms with Crippen LogP contribution in [0.5, 0.6) is 0 Å². The molecule has 0 bridgehead atoms. The molecular formula is C18H17IN2O5. The second kappa shape index (κ2) is 8.75. The lowest BCUT2D eigenvalue weighted by Crippen LogP contribution is -2.28. The molecule has 2 aromatic carbocycles. The van der Waals surface area contributed by atoms with Crippen LogP contribution in [0, 0.1) is 13.7 Å². The lowest BCUT2D eigenvalue weighted by Gasteiger charge is -2.14. The van der Waals surface area contributed by atoms with Gasteiger partial charge in [0, 0.05) is 22.2 Å². The van der Waals surface area contributed by atoms with Crippen LogP contribution in [0.15, 0.2) is 42.5 Å². The lowest BCUT2D eigenvalue weighted by atomic mass is 9.99. The Bertz CT molecular complexity index is 853. The standard InChI is InChI=1S/C18H17IN2O5/c1-11(12-4-3-5-13(8-12)18(23)26-2)10-20-17(22)15-9-14(21(24)25)6-7-16(15)19/h3-9,11H,10H2,1-2H3,(H,20,22). The molecule has 0 aliphatic heterocycles. The number of halogens is 1. The number of rotatable bonds is 6. The highest BCUT2D eigenvalue weighted by molar-refractivity contribution is 14.1. The number of ether oxygens (including phenoxy) is 1. The number of amides is 1. The molecule has 1 N–H and O–H groups in total. The number of hydrogen-bond donors (Lipinski definition) is 1. The Kier molecular flexibility index (Phi) is 6.67. The minimum absolute atomic E-state index is 0.0556. The number of esters is 1. The number of methoxy groups -OCH3 is 1. The Morgan fingerprint density at radius 1 is 1.27 bits per heavy atom. The fraction of sp³-hybridized carbons (Fsp3) is 0.222. The van der Waals surface area contributed by atoms with Crippen molar-refractivity contribution in [2.45, 2.75) is 12.8 Å². The molecule has 0 heterocycles. The van der Waals surface area contributed by atoms with E-state index >= 15 is 0 Å². The van der Waals surface area contributed by atoms with Crippen molar-refractivity contribution in [1.29, 1.82) is 0 Å². The first-order chi connectivity index (χ1) is 12.3. The third kappa shape index (κ3) is 4.78. The van der Waals surface area contributed by atoms with Gasteiger partial charge in [-0.15, -0.1) is 0 Å². The van der Waals surface area contributed by atoms with Crippen LogP contribution in [0.4, 0.5) is 5.69 Å². The van der Waals surface area contributed by atoms with Crippen molar-refractivity contribution in [3.8, 4) is 0 Å². The number of non-ortho nitro benzene ring substituents is 1. The van der Waals surface area contributed by atoms with Crippen molar-refractivity contribution in [1.82, 2.24) is 5.32 Å². The van der Waals surface area contributed by atoms with Crippen molar-refractivity contribution in [2.75, 3.05) is 13.7 Å². The second-order valence-electron chi connectivity index (χ2n) is 5.65. The summed E-state index contributed by atoms with van der Waals surface area (Å²) in [6, 6.07) is 11.2. The quantitative estimate of drug-likeness (QED) is 0.303. The number of nitro benzene ring substituents is 1. The first kappa shape index (κ1) is 19.8. The maximum Gasteiger partial charge on any atom is 0.337 e. The third-order valence-corrected chi connectivity index (χ3v) is 4.79. The number of carbonyl (C=O) groups excluding carboxylic acids is 2. The first-order valence-corrected chi connectivity index (χ1v) is 8.81. The molecule has 0 saturated heterocycles. The summed E-state index contributed by atoms with van der Waals surface area (Å²) in [7, 11) is 1.32. The van der Waals surface area contributed by atoms with Gasteiger partial charge in [-0.25, -0.2) is 4.79 Å². The average molecular weight is 468 g/mol. The minimum Gasteiger partial charge on any atom is -0.465 e. The number of nitrogens with zero attached hydrogens (tertiary/aromatic N) is 1. The average Bonchev–Trinajstić information content (AvgIpc) is 2.65. The van der Waals surface area contributed by atoms with E-state index in [1.165, 1.54) is 25.3 Å². The second-order valence-corrected chi connectivity index (χ2v) is 6.81. The highest BCUT2D eigenvalue weighted by atomic mass is 127. The van der Waals surface area contributed by atoms with E-state index in [-0.39, 0.29) is 23.1 Å². The number of nitro groups is 1. The summed E-state index contributed by atoms with van der Waals surface area (Å²) >= 11 is 1.97. The number of benzene rings is 2. The summed E-state index contributed by atoms with van der Waals surface area (Å²) < 4.78 is 5.34. The predicted octanol–water partition coefficient (Wildman–Crippen LogP) is 3.52. The first-order valence-electron chi connectivity index (χ1n) is 7.74. The van der Waals surface area contributed by atoms with Crippen LogP contribution in [0.1, 0.15) is 39.1 Å². The van der Waals surface area contributed by atoms with Gasteiger partial charge in [0.1, 0.15) is 0 Å². The van der Waals surface area contributed by atoms with E-state index in [4.69, 9.17) is 4.74 Å². The summed E-state index contributed by atoms with van der Waals surface area (Å²) in [4.78, 5) is 34.4. The van der Waals surface area contributed by atoms with Crippen LogP contribution in [0.3, 0.4) is 0 Å². The van der Waals surface area contributed by atoms with E-state index in [9.17, 15) is 19.7 Å². The summed E-state index contributed by atoms with van der Waals surface area (Å²) in [6.07, 6.45) is 0. The van der Waals surface area contributed by atoms with Crippen molar-refractivity contribution in [2.24, 2.45) is 0 Å². The molecule has 0 fully saturated rings. The van der Waals surface area contributed by atoms with Gasteiger partial charge in [-0.3, -0.25) is 14.9 Å². The Balaban J connectivity index is 2.09. The fourth-order valence-electron chi connectivity index (χ4n) is 2.35. The summed E-state index contributed by atoms with van der Waals surface area (Å²) in [5.74, 6) is -0.858. The number of carbonyl (C=O) groups is 2. The SMILES string of the molecule is COC(=O)c1cccc(C(C)CNC(=O)c2cc([N+](=O)[O-])ccc2I)c1. The zero-order valence-electron chi connectivity index (χ0n) is 14.2. The van der Waals surface area contributed by atoms with Crippen LogP contribution in [-0.2, 0) is 4.74 Å². The predicted molar refractivity (Wildman–Crippen MR) is 104 cm³/mol. The monoisotopic (exact) mass is 468 g/mol. The van der Waals surface area contributed by atoms with Gasteiger partial charge in [0.15, 0.2) is 0 Å². The molecule has 1 atom stereocenters. The highest BCUT2D eigenvalue weighted by Crippen LogP contribution is 2.20. The summed E-state index contributed by atoms with van der Waals surface area (Å²) in [5, 5.41) is 13.7. The van der Waals surface area contributed by atoms with E-state index in [1.54, 1.807) is 18.2 Å². The third-order valence-electron chi connectivity index (χ3n) is 3.85. The van der Waals surface area contributed by atoms with E-state index in [2.05, 4.69) is 5.32 Å². The summed E-state index contributed by atoms with van der Waals surface area (Å²) in [5.41, 5.74) is 1.45. The van der Waals surface area contributed by atoms with E-state index in [0.29, 0.717) is 15.7 Å². The summed E-state index contributed by atoms with van der Waals surface area (Å²) in [6.45, 7) is 2.23. The lowest BCUT2D eigenvalue weighted by molar-refractivity contribution is -0.384. The molecule has 8 heteroatoms. The Hall–Kier alpha value is -2.49. The topological polar surface area (TPSA) is 98.5 Å². The Labute approximate surface area is 164 Å². The molecular weight excluding hydrogens is 451 g/mol. The van der Waals surface area contributed by atoms with Crippen LogP contribution in [0.2, 0.25) is 0 Å². The molecule has 0 radical (unpaired) electrons. The molecule has 1 unspecified atom stereocenters. The molecule has 0 spiro atoms. The molecule has 0 aliphatic rings. The molecule has 0 aliphatic carbocycles. The van der Waals surface area contributed by atoms with Crippen LogP contribution in [0.25, 0.3) is 0 Å². The zero-order chi connectivity index (χ0) is 19.3. The van der Waals surface area contributed by atoms with Crippen LogP contribution >= 0.6 is 22.6 Å². The van der Waals surface area contributed by atoms with Crippen molar-refractivity contribution in [3.63, 3.8) is 0 Å².